The SMILES string of the molecule is C=CCN1C(=O)C(CC(=O)Nc2ccccc2)SC1=Nc1ccc(O)cc1. The maximum Gasteiger partial charge on any atom is 0.242 e. The zero-order valence-electron chi connectivity index (χ0n) is 14.5. The number of aliphatic imine (C=N–C) groups is 1. The van der Waals surface area contributed by atoms with Gasteiger partial charge < -0.3 is 10.4 Å². The Bertz CT molecular complexity index is 866. The number of nitrogens with one attached hydrogen (secondary N) is 1. The standard InChI is InChI=1S/C20H19N3O3S/c1-2-12-23-19(26)17(13-18(25)21-14-6-4-3-5-7-14)27-20(23)22-15-8-10-16(24)11-9-15/h2-11,17,24H,1,12-13H2,(H,21,25). The largest absolute Gasteiger partial charge is 0.508 e. The Hall–Kier alpha value is -3.06. The minimum atomic E-state index is -0.537. The zero-order valence-corrected chi connectivity index (χ0v) is 15.4. The Morgan fingerprint density at radius 1 is 1.22 bits per heavy atom. The van der Waals surface area contributed by atoms with Gasteiger partial charge in [-0.15, -0.1) is 6.58 Å². The first-order chi connectivity index (χ1) is 13.1. The van der Waals surface area contributed by atoms with Gasteiger partial charge in [0.15, 0.2) is 5.17 Å². The Morgan fingerprint density at radius 2 is 1.93 bits per heavy atom. The second-order valence-corrected chi connectivity index (χ2v) is 7.04. The van der Waals surface area contributed by atoms with Gasteiger partial charge in [-0.2, -0.15) is 0 Å². The van der Waals surface area contributed by atoms with Gasteiger partial charge in [0.05, 0.1) is 5.69 Å². The maximum atomic E-state index is 12.7. The third-order valence-electron chi connectivity index (χ3n) is 3.83. The number of amidine groups is 1. The molecule has 0 spiro atoms. The van der Waals surface area contributed by atoms with Gasteiger partial charge in [-0.1, -0.05) is 36.0 Å². The fourth-order valence-corrected chi connectivity index (χ4v) is 3.73. The van der Waals surface area contributed by atoms with E-state index in [-0.39, 0.29) is 24.0 Å². The van der Waals surface area contributed by atoms with Crippen molar-refractivity contribution in [3.63, 3.8) is 0 Å². The molecule has 0 bridgehead atoms. The number of carbonyl (C=O) groups is 2. The lowest BCUT2D eigenvalue weighted by molar-refractivity contribution is -0.127. The number of amides is 2. The number of phenolic OH excluding ortho intramolecular Hbond substituents is 1. The average molecular weight is 381 g/mol. The van der Waals surface area contributed by atoms with Gasteiger partial charge in [-0.05, 0) is 36.4 Å². The quantitative estimate of drug-likeness (QED) is 0.750. The number of aromatic hydroxyl groups is 1. The van der Waals surface area contributed by atoms with Crippen LogP contribution in [-0.4, -0.2) is 38.8 Å². The molecule has 2 amide bonds. The van der Waals surface area contributed by atoms with Crippen molar-refractivity contribution in [2.75, 3.05) is 11.9 Å². The second-order valence-electron chi connectivity index (χ2n) is 5.87. The van der Waals surface area contributed by atoms with Crippen LogP contribution in [0.5, 0.6) is 5.75 Å². The van der Waals surface area contributed by atoms with E-state index < -0.39 is 5.25 Å². The van der Waals surface area contributed by atoms with Crippen LogP contribution in [0.3, 0.4) is 0 Å². The molecule has 1 atom stereocenters. The summed E-state index contributed by atoms with van der Waals surface area (Å²) in [6.07, 6.45) is 1.68. The number of hydrogen-bond acceptors (Lipinski definition) is 5. The zero-order chi connectivity index (χ0) is 19.2. The second kappa shape index (κ2) is 8.55. The molecule has 27 heavy (non-hydrogen) atoms. The summed E-state index contributed by atoms with van der Waals surface area (Å²) < 4.78 is 0. The van der Waals surface area contributed by atoms with Gasteiger partial charge in [-0.25, -0.2) is 4.99 Å². The van der Waals surface area contributed by atoms with Crippen molar-refractivity contribution in [1.29, 1.82) is 0 Å². The Morgan fingerprint density at radius 3 is 2.59 bits per heavy atom. The van der Waals surface area contributed by atoms with Gasteiger partial charge in [0.2, 0.25) is 11.8 Å². The molecule has 3 rings (SSSR count). The fraction of sp³-hybridized carbons (Fsp3) is 0.150. The normalized spacial score (nSPS) is 17.9. The molecule has 2 aromatic rings. The van der Waals surface area contributed by atoms with Crippen LogP contribution in [0.25, 0.3) is 0 Å². The summed E-state index contributed by atoms with van der Waals surface area (Å²) in [6.45, 7) is 4.00. The summed E-state index contributed by atoms with van der Waals surface area (Å²) in [7, 11) is 0. The third-order valence-corrected chi connectivity index (χ3v) is 5.01. The van der Waals surface area contributed by atoms with E-state index in [1.54, 1.807) is 30.3 Å². The molecule has 1 unspecified atom stereocenters. The molecule has 7 heteroatoms. The third kappa shape index (κ3) is 4.77. The predicted octanol–water partition coefficient (Wildman–Crippen LogP) is 3.54. The van der Waals surface area contributed by atoms with Crippen molar-refractivity contribution in [3.05, 3.63) is 67.3 Å². The van der Waals surface area contributed by atoms with Crippen LogP contribution in [0.2, 0.25) is 0 Å². The number of benzene rings is 2. The first-order valence-electron chi connectivity index (χ1n) is 8.38. The van der Waals surface area contributed by atoms with Crippen molar-refractivity contribution < 1.29 is 14.7 Å². The number of thioether (sulfide) groups is 1. The van der Waals surface area contributed by atoms with Crippen molar-refractivity contribution in [2.24, 2.45) is 4.99 Å². The Labute approximate surface area is 161 Å². The average Bonchev–Trinajstić information content (AvgIpc) is 2.93. The highest BCUT2D eigenvalue weighted by Gasteiger charge is 2.38. The number of anilines is 1. The number of rotatable bonds is 6. The van der Waals surface area contributed by atoms with Gasteiger partial charge in [0.1, 0.15) is 11.0 Å². The van der Waals surface area contributed by atoms with E-state index in [1.807, 2.05) is 18.2 Å². The maximum absolute atomic E-state index is 12.7. The van der Waals surface area contributed by atoms with Gasteiger partial charge in [0, 0.05) is 18.7 Å². The molecule has 1 saturated heterocycles. The minimum absolute atomic E-state index is 0.0562. The first-order valence-corrected chi connectivity index (χ1v) is 9.26. The highest BCUT2D eigenvalue weighted by molar-refractivity contribution is 8.15. The lowest BCUT2D eigenvalue weighted by Gasteiger charge is -2.13. The molecular weight excluding hydrogens is 362 g/mol. The summed E-state index contributed by atoms with van der Waals surface area (Å²) in [6, 6.07) is 15.5. The lowest BCUT2D eigenvalue weighted by atomic mass is 10.2. The topological polar surface area (TPSA) is 82.0 Å². The number of nitrogens with zero attached hydrogens (tertiary/aromatic N) is 2. The van der Waals surface area contributed by atoms with Crippen molar-refractivity contribution in [3.8, 4) is 5.75 Å². The van der Waals surface area contributed by atoms with Crippen LogP contribution in [0, 0.1) is 0 Å². The molecule has 1 fully saturated rings. The van der Waals surface area contributed by atoms with Crippen molar-refractivity contribution >= 4 is 40.1 Å². The molecular formula is C20H19N3O3S. The van der Waals surface area contributed by atoms with E-state index in [9.17, 15) is 14.7 Å². The van der Waals surface area contributed by atoms with Crippen LogP contribution in [0.4, 0.5) is 11.4 Å². The molecule has 0 aliphatic carbocycles. The van der Waals surface area contributed by atoms with E-state index in [0.29, 0.717) is 23.1 Å². The van der Waals surface area contributed by atoms with Crippen molar-refractivity contribution in [2.45, 2.75) is 11.7 Å². The fourth-order valence-electron chi connectivity index (χ4n) is 2.56. The number of hydrogen-bond donors (Lipinski definition) is 2. The monoisotopic (exact) mass is 381 g/mol. The molecule has 1 aliphatic heterocycles. The predicted molar refractivity (Wildman–Crippen MR) is 108 cm³/mol. The van der Waals surface area contributed by atoms with Crippen molar-refractivity contribution in [1.82, 2.24) is 4.90 Å². The molecule has 0 aromatic heterocycles. The molecule has 138 valence electrons. The Balaban J connectivity index is 1.73. The smallest absolute Gasteiger partial charge is 0.242 e. The minimum Gasteiger partial charge on any atom is -0.508 e. The molecule has 2 aromatic carbocycles. The number of phenols is 1. The van der Waals surface area contributed by atoms with Crippen LogP contribution in [-0.2, 0) is 9.59 Å². The van der Waals surface area contributed by atoms with E-state index in [4.69, 9.17) is 0 Å². The van der Waals surface area contributed by atoms with E-state index in [2.05, 4.69) is 16.9 Å². The van der Waals surface area contributed by atoms with Crippen LogP contribution in [0.1, 0.15) is 6.42 Å². The van der Waals surface area contributed by atoms with Crippen LogP contribution in [0.15, 0.2) is 72.2 Å². The molecule has 6 nitrogen and oxygen atoms in total. The molecule has 0 saturated carbocycles. The summed E-state index contributed by atoms with van der Waals surface area (Å²) >= 11 is 1.26. The highest BCUT2D eigenvalue weighted by atomic mass is 32.2. The van der Waals surface area contributed by atoms with Gasteiger partial charge >= 0.3 is 0 Å². The molecule has 1 aliphatic rings. The lowest BCUT2D eigenvalue weighted by Crippen LogP contribution is -2.33. The van der Waals surface area contributed by atoms with Crippen LogP contribution >= 0.6 is 11.8 Å². The number of carbonyl (C=O) groups excluding carboxylic acids is 2. The molecule has 0 radical (unpaired) electrons. The van der Waals surface area contributed by atoms with E-state index >= 15 is 0 Å². The first kappa shape index (κ1) is 18.7. The van der Waals surface area contributed by atoms with Gasteiger partial charge in [-0.3, -0.25) is 14.5 Å². The van der Waals surface area contributed by atoms with Crippen LogP contribution < -0.4 is 5.32 Å². The summed E-state index contributed by atoms with van der Waals surface area (Å²) in [5, 5.41) is 12.2. The van der Waals surface area contributed by atoms with E-state index in [1.165, 1.54) is 28.8 Å². The molecule has 1 heterocycles. The molecule has 2 N–H and O–H groups in total. The summed E-state index contributed by atoms with van der Waals surface area (Å²) in [4.78, 5) is 31.0. The van der Waals surface area contributed by atoms with E-state index in [0.717, 1.165) is 0 Å². The van der Waals surface area contributed by atoms with Gasteiger partial charge in [0.25, 0.3) is 0 Å². The Kier molecular flexibility index (Phi) is 5.93. The summed E-state index contributed by atoms with van der Waals surface area (Å²) in [5.41, 5.74) is 1.31. The highest BCUT2D eigenvalue weighted by Crippen LogP contribution is 2.32. The number of para-hydroxylation sites is 1. The summed E-state index contributed by atoms with van der Waals surface area (Å²) in [5.74, 6) is -0.246.